The van der Waals surface area contributed by atoms with Gasteiger partial charge in [0.2, 0.25) is 0 Å². The third-order valence-corrected chi connectivity index (χ3v) is 3.74. The highest BCUT2D eigenvalue weighted by Gasteiger charge is 2.21. The van der Waals surface area contributed by atoms with Crippen molar-refractivity contribution >= 4 is 31.3 Å². The molecule has 17 heavy (non-hydrogen) atoms. The lowest BCUT2D eigenvalue weighted by Gasteiger charge is -2.02. The summed E-state index contributed by atoms with van der Waals surface area (Å²) in [5.41, 5.74) is -0.0485. The molecule has 0 aliphatic heterocycles. The molecule has 0 aliphatic rings. The first kappa shape index (κ1) is 12.0. The van der Waals surface area contributed by atoms with Crippen LogP contribution in [0.4, 0.5) is 0 Å². The summed E-state index contributed by atoms with van der Waals surface area (Å²) in [5.74, 6) is 0. The highest BCUT2D eigenvalue weighted by molar-refractivity contribution is 7.86. The molecule has 8 nitrogen and oxygen atoms in total. The summed E-state index contributed by atoms with van der Waals surface area (Å²) in [4.78, 5) is 4.78. The Morgan fingerprint density at radius 1 is 1.06 bits per heavy atom. The third kappa shape index (κ3) is 2.15. The lowest BCUT2D eigenvalue weighted by Crippen LogP contribution is -2.04. The van der Waals surface area contributed by atoms with Crippen LogP contribution in [0.5, 0.6) is 0 Å². The molecule has 92 valence electrons. The van der Waals surface area contributed by atoms with Gasteiger partial charge in [-0.25, -0.2) is 4.98 Å². The molecule has 0 unspecified atom stereocenters. The van der Waals surface area contributed by atoms with Gasteiger partial charge in [0, 0.05) is 0 Å². The van der Waals surface area contributed by atoms with Gasteiger partial charge >= 0.3 is 0 Å². The van der Waals surface area contributed by atoms with Crippen LogP contribution in [-0.2, 0) is 20.2 Å². The summed E-state index contributed by atoms with van der Waals surface area (Å²) in [7, 11) is -9.22. The molecule has 0 bridgehead atoms. The maximum atomic E-state index is 11.0. The average molecular weight is 278 g/mol. The Labute approximate surface area is 95.8 Å². The molecule has 0 atom stereocenters. The Morgan fingerprint density at radius 3 is 2.24 bits per heavy atom. The fraction of sp³-hybridized carbons (Fsp3) is 0. The van der Waals surface area contributed by atoms with E-state index < -0.39 is 30.0 Å². The zero-order valence-corrected chi connectivity index (χ0v) is 9.66. The van der Waals surface area contributed by atoms with Crippen LogP contribution in [0, 0.1) is 0 Å². The van der Waals surface area contributed by atoms with Crippen LogP contribution in [0.3, 0.4) is 0 Å². The number of hydrogen-bond acceptors (Lipinski definition) is 5. The summed E-state index contributed by atoms with van der Waals surface area (Å²) >= 11 is 0. The van der Waals surface area contributed by atoms with Crippen molar-refractivity contribution < 1.29 is 25.9 Å². The number of nitrogens with one attached hydrogen (secondary N) is 1. The predicted octanol–water partition coefficient (Wildman–Crippen LogP) is 0.0563. The lowest BCUT2D eigenvalue weighted by atomic mass is 10.3. The molecule has 10 heteroatoms. The minimum Gasteiger partial charge on any atom is -0.345 e. The summed E-state index contributed by atoms with van der Waals surface area (Å²) in [5, 5.41) is 0. The van der Waals surface area contributed by atoms with Crippen molar-refractivity contribution in [1.82, 2.24) is 9.97 Å². The molecule has 0 spiro atoms. The lowest BCUT2D eigenvalue weighted by molar-refractivity contribution is 0.482. The van der Waals surface area contributed by atoms with Gasteiger partial charge < -0.3 is 4.98 Å². The Morgan fingerprint density at radius 2 is 1.71 bits per heavy atom. The second kappa shape index (κ2) is 3.50. The molecule has 2 aromatic rings. The van der Waals surface area contributed by atoms with E-state index in [9.17, 15) is 16.8 Å². The summed E-state index contributed by atoms with van der Waals surface area (Å²) < 4.78 is 61.7. The highest BCUT2D eigenvalue weighted by Crippen LogP contribution is 2.24. The van der Waals surface area contributed by atoms with Crippen molar-refractivity contribution in [3.8, 4) is 0 Å². The van der Waals surface area contributed by atoms with E-state index >= 15 is 0 Å². The second-order valence-corrected chi connectivity index (χ2v) is 5.98. The zero-order chi connectivity index (χ0) is 12.8. The quantitative estimate of drug-likeness (QED) is 0.660. The van der Waals surface area contributed by atoms with Crippen molar-refractivity contribution in [2.24, 2.45) is 0 Å². The first-order valence-electron chi connectivity index (χ1n) is 4.12. The second-order valence-electron chi connectivity index (χ2n) is 3.17. The largest absolute Gasteiger partial charge is 0.345 e. The first-order chi connectivity index (χ1) is 7.69. The van der Waals surface area contributed by atoms with Gasteiger partial charge in [0.25, 0.3) is 20.2 Å². The van der Waals surface area contributed by atoms with Crippen molar-refractivity contribution in [3.63, 3.8) is 0 Å². The number of fused-ring (bicyclic) bond motifs is 1. The number of aromatic nitrogens is 2. The van der Waals surface area contributed by atoms with Crippen LogP contribution in [0.25, 0.3) is 11.0 Å². The van der Waals surface area contributed by atoms with E-state index in [0.717, 1.165) is 12.4 Å². The molecular weight excluding hydrogens is 272 g/mol. The molecule has 0 aliphatic carbocycles. The van der Waals surface area contributed by atoms with Gasteiger partial charge in [-0.3, -0.25) is 9.11 Å². The number of hydrogen-bond donors (Lipinski definition) is 3. The van der Waals surface area contributed by atoms with Crippen molar-refractivity contribution in [2.75, 3.05) is 0 Å². The molecule has 1 aromatic carbocycles. The molecule has 0 radical (unpaired) electrons. The van der Waals surface area contributed by atoms with E-state index in [1.807, 2.05) is 0 Å². The van der Waals surface area contributed by atoms with Gasteiger partial charge in [-0.1, -0.05) is 0 Å². The van der Waals surface area contributed by atoms with Crippen LogP contribution in [-0.4, -0.2) is 35.9 Å². The fourth-order valence-corrected chi connectivity index (χ4v) is 2.63. The maximum Gasteiger partial charge on any atom is 0.296 e. The van der Waals surface area contributed by atoms with Gasteiger partial charge in [-0.15, -0.1) is 0 Å². The molecule has 0 fully saturated rings. The molecule has 3 N–H and O–H groups in total. The molecule has 0 amide bonds. The predicted molar refractivity (Wildman–Crippen MR) is 55.7 cm³/mol. The van der Waals surface area contributed by atoms with Gasteiger partial charge in [0.15, 0.2) is 0 Å². The summed E-state index contributed by atoms with van der Waals surface area (Å²) in [6.07, 6.45) is 1.13. The maximum absolute atomic E-state index is 11.0. The molecule has 1 heterocycles. The minimum atomic E-state index is -4.64. The first-order valence-corrected chi connectivity index (χ1v) is 7.00. The Bertz CT molecular complexity index is 789. The van der Waals surface area contributed by atoms with Crippen LogP contribution in [0.2, 0.25) is 0 Å². The molecule has 2 rings (SSSR count). The van der Waals surface area contributed by atoms with Crippen molar-refractivity contribution in [2.45, 2.75) is 9.79 Å². The van der Waals surface area contributed by atoms with Crippen molar-refractivity contribution in [3.05, 3.63) is 18.5 Å². The van der Waals surface area contributed by atoms with E-state index in [1.165, 1.54) is 0 Å². The Hall–Kier alpha value is -1.49. The van der Waals surface area contributed by atoms with E-state index in [2.05, 4.69) is 9.97 Å². The van der Waals surface area contributed by atoms with Gasteiger partial charge in [-0.05, 0) is 12.1 Å². The topological polar surface area (TPSA) is 137 Å². The van der Waals surface area contributed by atoms with Crippen LogP contribution in [0.1, 0.15) is 0 Å². The summed E-state index contributed by atoms with van der Waals surface area (Å²) in [6.45, 7) is 0. The molecule has 0 saturated heterocycles. The Balaban J connectivity index is 2.96. The summed E-state index contributed by atoms with van der Waals surface area (Å²) in [6, 6.07) is 1.64. The number of nitrogens with zero attached hydrogens (tertiary/aromatic N) is 1. The molecule has 0 saturated carbocycles. The minimum absolute atomic E-state index is 0.0627. The highest BCUT2D eigenvalue weighted by atomic mass is 32.2. The monoisotopic (exact) mass is 278 g/mol. The number of rotatable bonds is 2. The van der Waals surface area contributed by atoms with E-state index in [-0.39, 0.29) is 11.0 Å². The number of H-pyrrole nitrogens is 1. The van der Waals surface area contributed by atoms with Gasteiger partial charge in [0.05, 0.1) is 16.7 Å². The number of imidazole rings is 1. The number of aromatic amines is 1. The normalized spacial score (nSPS) is 13.1. The van der Waals surface area contributed by atoms with E-state index in [1.54, 1.807) is 0 Å². The van der Waals surface area contributed by atoms with Crippen LogP contribution in [0.15, 0.2) is 28.3 Å². The Kier molecular flexibility index (Phi) is 2.47. The fourth-order valence-electron chi connectivity index (χ4n) is 1.34. The SMILES string of the molecule is O=S(=O)(O)c1cc(S(=O)(=O)O)c2nc[nH]c2c1. The van der Waals surface area contributed by atoms with E-state index in [0.29, 0.717) is 6.07 Å². The standard InChI is InChI=1S/C7H6N2O6S2/c10-16(11,12)4-1-5-7(9-3-8-5)6(2-4)17(13,14)15/h1-3H,(H,8,9)(H,10,11,12)(H,13,14,15). The van der Waals surface area contributed by atoms with Crippen molar-refractivity contribution in [1.29, 1.82) is 0 Å². The number of benzene rings is 1. The van der Waals surface area contributed by atoms with Crippen LogP contribution < -0.4 is 0 Å². The van der Waals surface area contributed by atoms with Crippen LogP contribution >= 0.6 is 0 Å². The average Bonchev–Trinajstić information content (AvgIpc) is 2.59. The smallest absolute Gasteiger partial charge is 0.296 e. The van der Waals surface area contributed by atoms with Gasteiger partial charge in [-0.2, -0.15) is 16.8 Å². The molecule has 1 aromatic heterocycles. The molecular formula is C7H6N2O6S2. The van der Waals surface area contributed by atoms with E-state index in [4.69, 9.17) is 9.11 Å². The van der Waals surface area contributed by atoms with Gasteiger partial charge in [0.1, 0.15) is 10.4 Å². The third-order valence-electron chi connectivity index (χ3n) is 2.04. The zero-order valence-electron chi connectivity index (χ0n) is 8.02.